The molecule has 0 aromatic heterocycles. The van der Waals surface area contributed by atoms with E-state index in [9.17, 15) is 4.79 Å². The summed E-state index contributed by atoms with van der Waals surface area (Å²) in [6.45, 7) is 4.42. The zero-order chi connectivity index (χ0) is 10.3. The summed E-state index contributed by atoms with van der Waals surface area (Å²) in [5.41, 5.74) is 1.77. The van der Waals surface area contributed by atoms with Crippen LogP contribution in [0.5, 0.6) is 0 Å². The number of methoxy groups -OCH3 is 1. The van der Waals surface area contributed by atoms with E-state index in [0.717, 1.165) is 0 Å². The van der Waals surface area contributed by atoms with Gasteiger partial charge >= 0.3 is 5.97 Å². The second-order valence-corrected chi connectivity index (χ2v) is 3.35. The predicted molar refractivity (Wildman–Crippen MR) is 47.2 cm³/mol. The SMILES string of the molecule is COCCONCC(C)(C)C(=O)O. The monoisotopic (exact) mass is 191 g/mol. The van der Waals surface area contributed by atoms with Crippen LogP contribution >= 0.6 is 0 Å². The predicted octanol–water partition coefficient (Wildman–Crippen LogP) is 0.265. The van der Waals surface area contributed by atoms with Crippen LogP contribution in [-0.2, 0) is 14.4 Å². The summed E-state index contributed by atoms with van der Waals surface area (Å²) < 4.78 is 4.74. The first kappa shape index (κ1) is 12.3. The molecule has 0 aliphatic carbocycles. The second kappa shape index (κ2) is 5.90. The molecule has 0 saturated heterocycles. The van der Waals surface area contributed by atoms with Gasteiger partial charge < -0.3 is 9.84 Å². The van der Waals surface area contributed by atoms with E-state index in [1.54, 1.807) is 21.0 Å². The average molecular weight is 191 g/mol. The maximum atomic E-state index is 10.6. The Morgan fingerprint density at radius 3 is 2.54 bits per heavy atom. The minimum absolute atomic E-state index is 0.270. The summed E-state index contributed by atoms with van der Waals surface area (Å²) >= 11 is 0. The fourth-order valence-electron chi connectivity index (χ4n) is 0.504. The third-order valence-corrected chi connectivity index (χ3v) is 1.58. The number of nitrogens with one attached hydrogen (secondary N) is 1. The molecule has 0 aromatic rings. The Hall–Kier alpha value is -0.650. The van der Waals surface area contributed by atoms with E-state index in [1.165, 1.54) is 0 Å². The van der Waals surface area contributed by atoms with Crippen molar-refractivity contribution in [1.29, 1.82) is 0 Å². The molecule has 0 amide bonds. The zero-order valence-corrected chi connectivity index (χ0v) is 8.29. The van der Waals surface area contributed by atoms with Crippen molar-refractivity contribution >= 4 is 5.97 Å². The number of hydrogen-bond acceptors (Lipinski definition) is 4. The molecule has 0 radical (unpaired) electrons. The molecule has 0 heterocycles. The van der Waals surface area contributed by atoms with Crippen LogP contribution in [0.2, 0.25) is 0 Å². The van der Waals surface area contributed by atoms with Gasteiger partial charge in [-0.3, -0.25) is 9.63 Å². The minimum Gasteiger partial charge on any atom is -0.481 e. The molecule has 0 aliphatic heterocycles. The minimum atomic E-state index is -0.852. The first-order valence-corrected chi connectivity index (χ1v) is 4.07. The normalized spacial score (nSPS) is 11.6. The molecule has 0 bridgehead atoms. The molecular weight excluding hydrogens is 174 g/mol. The standard InChI is InChI=1S/C8H17NO4/c1-8(2,7(10)11)6-9-13-5-4-12-3/h9H,4-6H2,1-3H3,(H,10,11). The molecule has 0 aliphatic rings. The number of aliphatic carboxylic acids is 1. The van der Waals surface area contributed by atoms with E-state index >= 15 is 0 Å². The van der Waals surface area contributed by atoms with Crippen molar-refractivity contribution in [3.8, 4) is 0 Å². The van der Waals surface area contributed by atoms with Crippen molar-refractivity contribution in [2.75, 3.05) is 26.9 Å². The number of rotatable bonds is 7. The zero-order valence-electron chi connectivity index (χ0n) is 8.29. The van der Waals surface area contributed by atoms with Crippen molar-refractivity contribution in [1.82, 2.24) is 5.48 Å². The van der Waals surface area contributed by atoms with Crippen LogP contribution in [0.1, 0.15) is 13.8 Å². The van der Waals surface area contributed by atoms with Gasteiger partial charge in [0.2, 0.25) is 0 Å². The fourth-order valence-corrected chi connectivity index (χ4v) is 0.504. The van der Waals surface area contributed by atoms with Crippen LogP contribution in [0, 0.1) is 5.41 Å². The van der Waals surface area contributed by atoms with Crippen LogP contribution in [-0.4, -0.2) is 37.9 Å². The lowest BCUT2D eigenvalue weighted by Crippen LogP contribution is -2.36. The van der Waals surface area contributed by atoms with Gasteiger partial charge in [0.25, 0.3) is 0 Å². The largest absolute Gasteiger partial charge is 0.481 e. The third kappa shape index (κ3) is 5.57. The van der Waals surface area contributed by atoms with E-state index in [1.807, 2.05) is 0 Å². The summed E-state index contributed by atoms with van der Waals surface area (Å²) in [5.74, 6) is -0.852. The van der Waals surface area contributed by atoms with Crippen LogP contribution in [0.3, 0.4) is 0 Å². The van der Waals surface area contributed by atoms with Crippen LogP contribution in [0.4, 0.5) is 0 Å². The van der Waals surface area contributed by atoms with E-state index in [4.69, 9.17) is 14.7 Å². The lowest BCUT2D eigenvalue weighted by Gasteiger charge is -2.18. The summed E-state index contributed by atoms with van der Waals surface area (Å²) in [7, 11) is 1.57. The molecule has 0 spiro atoms. The Morgan fingerprint density at radius 1 is 1.46 bits per heavy atom. The van der Waals surface area contributed by atoms with Crippen molar-refractivity contribution in [2.24, 2.45) is 5.41 Å². The fraction of sp³-hybridized carbons (Fsp3) is 0.875. The molecule has 0 rings (SSSR count). The number of hydroxylamine groups is 1. The Balaban J connectivity index is 3.46. The molecule has 0 unspecified atom stereocenters. The number of carboxylic acids is 1. The number of ether oxygens (including phenoxy) is 1. The Morgan fingerprint density at radius 2 is 2.08 bits per heavy atom. The maximum absolute atomic E-state index is 10.6. The Kier molecular flexibility index (Phi) is 5.61. The summed E-state index contributed by atoms with van der Waals surface area (Å²) in [4.78, 5) is 15.5. The molecule has 0 fully saturated rings. The first-order valence-electron chi connectivity index (χ1n) is 4.07. The van der Waals surface area contributed by atoms with Gasteiger partial charge in [-0.05, 0) is 13.8 Å². The molecular formula is C8H17NO4. The lowest BCUT2D eigenvalue weighted by atomic mass is 9.94. The molecule has 0 saturated carbocycles. The van der Waals surface area contributed by atoms with Gasteiger partial charge in [-0.2, -0.15) is 0 Å². The van der Waals surface area contributed by atoms with Crippen LogP contribution < -0.4 is 5.48 Å². The van der Waals surface area contributed by atoms with Gasteiger partial charge in [-0.1, -0.05) is 0 Å². The number of carbonyl (C=O) groups is 1. The summed E-state index contributed by atoms with van der Waals surface area (Å²) in [5, 5.41) is 8.72. The average Bonchev–Trinajstić information content (AvgIpc) is 2.03. The first-order chi connectivity index (χ1) is 6.00. The van der Waals surface area contributed by atoms with E-state index in [0.29, 0.717) is 13.2 Å². The van der Waals surface area contributed by atoms with Gasteiger partial charge in [0, 0.05) is 13.7 Å². The molecule has 5 nitrogen and oxygen atoms in total. The van der Waals surface area contributed by atoms with E-state index < -0.39 is 11.4 Å². The highest BCUT2D eigenvalue weighted by atomic mass is 16.7. The van der Waals surface area contributed by atoms with Gasteiger partial charge in [0.1, 0.15) is 0 Å². The highest BCUT2D eigenvalue weighted by Crippen LogP contribution is 2.12. The van der Waals surface area contributed by atoms with Crippen molar-refractivity contribution < 1.29 is 19.5 Å². The van der Waals surface area contributed by atoms with Crippen molar-refractivity contribution in [2.45, 2.75) is 13.8 Å². The van der Waals surface area contributed by atoms with Gasteiger partial charge in [-0.25, -0.2) is 5.48 Å². The highest BCUT2D eigenvalue weighted by molar-refractivity contribution is 5.73. The van der Waals surface area contributed by atoms with E-state index in [-0.39, 0.29) is 6.54 Å². The van der Waals surface area contributed by atoms with Gasteiger partial charge in [0.05, 0.1) is 18.6 Å². The number of carboxylic acid groups (broad SMARTS) is 1. The quantitative estimate of drug-likeness (QED) is 0.446. The summed E-state index contributed by atoms with van der Waals surface area (Å²) in [6.07, 6.45) is 0. The third-order valence-electron chi connectivity index (χ3n) is 1.58. The molecule has 0 atom stereocenters. The molecule has 13 heavy (non-hydrogen) atoms. The highest BCUT2D eigenvalue weighted by Gasteiger charge is 2.26. The topological polar surface area (TPSA) is 67.8 Å². The van der Waals surface area contributed by atoms with Gasteiger partial charge in [-0.15, -0.1) is 0 Å². The second-order valence-electron chi connectivity index (χ2n) is 3.35. The van der Waals surface area contributed by atoms with Crippen LogP contribution in [0.15, 0.2) is 0 Å². The molecule has 78 valence electrons. The molecule has 0 aromatic carbocycles. The van der Waals surface area contributed by atoms with Gasteiger partial charge in [0.15, 0.2) is 0 Å². The van der Waals surface area contributed by atoms with E-state index in [2.05, 4.69) is 5.48 Å². The lowest BCUT2D eigenvalue weighted by molar-refractivity contribution is -0.148. The van der Waals surface area contributed by atoms with Crippen molar-refractivity contribution in [3.63, 3.8) is 0 Å². The summed E-state index contributed by atoms with van der Waals surface area (Å²) in [6, 6.07) is 0. The Labute approximate surface area is 78.0 Å². The molecule has 2 N–H and O–H groups in total. The van der Waals surface area contributed by atoms with Crippen molar-refractivity contribution in [3.05, 3.63) is 0 Å². The Bertz CT molecular complexity index is 158. The molecule has 5 heteroatoms. The smallest absolute Gasteiger partial charge is 0.310 e. The van der Waals surface area contributed by atoms with Crippen LogP contribution in [0.25, 0.3) is 0 Å². The maximum Gasteiger partial charge on any atom is 0.310 e. The number of hydrogen-bond donors (Lipinski definition) is 2.